The molecule has 200 valence electrons. The van der Waals surface area contributed by atoms with Gasteiger partial charge in [-0.25, -0.2) is 8.42 Å². The molecular weight excluding hydrogens is 586 g/mol. The van der Waals surface area contributed by atoms with Gasteiger partial charge in [0.25, 0.3) is 0 Å². The van der Waals surface area contributed by atoms with Gasteiger partial charge >= 0.3 is 0 Å². The number of anilines is 1. The van der Waals surface area contributed by atoms with Crippen LogP contribution in [-0.2, 0) is 14.6 Å². The molecule has 10 heteroatoms. The van der Waals surface area contributed by atoms with Crippen LogP contribution in [0.3, 0.4) is 0 Å². The van der Waals surface area contributed by atoms with Crippen LogP contribution in [0.25, 0.3) is 0 Å². The molecule has 0 unspecified atom stereocenters. The fourth-order valence-corrected chi connectivity index (χ4v) is 7.67. The Hall–Kier alpha value is -1.96. The summed E-state index contributed by atoms with van der Waals surface area (Å²) in [5.41, 5.74) is 2.43. The number of carbonyl (C=O) groups excluding carboxylic acids is 1. The Bertz CT molecular complexity index is 1430. The van der Waals surface area contributed by atoms with Crippen LogP contribution in [0.1, 0.15) is 35.9 Å². The van der Waals surface area contributed by atoms with E-state index in [1.165, 1.54) is 0 Å². The van der Waals surface area contributed by atoms with Gasteiger partial charge in [0.2, 0.25) is 5.91 Å². The van der Waals surface area contributed by atoms with Crippen molar-refractivity contribution in [3.63, 3.8) is 0 Å². The number of rotatable bonds is 7. The largest absolute Gasteiger partial charge is 0.360 e. The highest BCUT2D eigenvalue weighted by Crippen LogP contribution is 2.38. The zero-order chi connectivity index (χ0) is 27.0. The third kappa shape index (κ3) is 6.10. The smallest absolute Gasteiger partial charge is 0.231 e. The van der Waals surface area contributed by atoms with Crippen molar-refractivity contribution in [1.29, 1.82) is 0 Å². The number of carbonyl (C=O) groups is 1. The summed E-state index contributed by atoms with van der Waals surface area (Å²) in [4.78, 5) is 18.0. The van der Waals surface area contributed by atoms with E-state index in [1.54, 1.807) is 41.3 Å². The molecule has 2 atom stereocenters. The van der Waals surface area contributed by atoms with Gasteiger partial charge in [-0.1, -0.05) is 70.7 Å². The lowest BCUT2D eigenvalue weighted by Crippen LogP contribution is -2.52. The number of hydrogen-bond acceptors (Lipinski definition) is 4. The minimum Gasteiger partial charge on any atom is -0.360 e. The Morgan fingerprint density at radius 3 is 2.05 bits per heavy atom. The molecule has 1 saturated heterocycles. The summed E-state index contributed by atoms with van der Waals surface area (Å²) >= 11 is 25.0. The van der Waals surface area contributed by atoms with Crippen molar-refractivity contribution in [2.75, 3.05) is 30.3 Å². The summed E-state index contributed by atoms with van der Waals surface area (Å²) in [6.07, 6.45) is 1.31. The second-order valence-corrected chi connectivity index (χ2v) is 13.8. The van der Waals surface area contributed by atoms with Gasteiger partial charge < -0.3 is 9.80 Å². The van der Waals surface area contributed by atoms with E-state index in [2.05, 4.69) is 4.90 Å². The maximum atomic E-state index is 14.0. The maximum absolute atomic E-state index is 14.0. The predicted molar refractivity (Wildman–Crippen MR) is 156 cm³/mol. The van der Waals surface area contributed by atoms with Crippen molar-refractivity contribution in [1.82, 2.24) is 4.90 Å². The van der Waals surface area contributed by atoms with E-state index in [0.717, 1.165) is 11.3 Å². The van der Waals surface area contributed by atoms with Crippen LogP contribution in [0, 0.1) is 0 Å². The molecule has 1 aliphatic carbocycles. The predicted octanol–water partition coefficient (Wildman–Crippen LogP) is 7.05. The molecule has 38 heavy (non-hydrogen) atoms. The molecule has 0 bridgehead atoms. The number of nitrogens with zero attached hydrogens (tertiary/aromatic N) is 2. The van der Waals surface area contributed by atoms with E-state index >= 15 is 0 Å². The van der Waals surface area contributed by atoms with Gasteiger partial charge in [-0.15, -0.1) is 0 Å². The van der Waals surface area contributed by atoms with Crippen molar-refractivity contribution in [3.05, 3.63) is 97.9 Å². The molecule has 1 saturated carbocycles. The highest BCUT2D eigenvalue weighted by Gasteiger charge is 2.41. The van der Waals surface area contributed by atoms with E-state index in [0.29, 0.717) is 58.1 Å². The first-order chi connectivity index (χ1) is 18.1. The van der Waals surface area contributed by atoms with Gasteiger partial charge in [-0.05, 0) is 66.4 Å². The molecule has 3 aromatic rings. The standard InChI is InChI=1S/C28H26Cl4N2O3S/c29-20-5-1-18(2-6-20)24(17-38(36,37)23-10-11-23)28(35)33-13-14-34(26-12-9-22(31)15-25(26)32)27(16-33)19-3-7-21(30)8-4-19/h1-9,12,15,23-24,27H,10-11,13-14,16-17H2/t24-,27+/m1/s1. The van der Waals surface area contributed by atoms with Crippen molar-refractivity contribution in [2.45, 2.75) is 30.1 Å². The van der Waals surface area contributed by atoms with E-state index in [-0.39, 0.29) is 23.0 Å². The van der Waals surface area contributed by atoms with Gasteiger partial charge in [-0.3, -0.25) is 4.79 Å². The number of sulfone groups is 1. The maximum Gasteiger partial charge on any atom is 0.231 e. The lowest BCUT2D eigenvalue weighted by Gasteiger charge is -2.44. The normalized spacial score (nSPS) is 18.9. The Morgan fingerprint density at radius 2 is 1.45 bits per heavy atom. The first-order valence-corrected chi connectivity index (χ1v) is 15.6. The number of piperazine rings is 1. The summed E-state index contributed by atoms with van der Waals surface area (Å²) in [6.45, 7) is 1.27. The zero-order valence-electron chi connectivity index (χ0n) is 20.4. The lowest BCUT2D eigenvalue weighted by molar-refractivity contribution is -0.133. The second-order valence-electron chi connectivity index (χ2n) is 9.77. The van der Waals surface area contributed by atoms with E-state index in [4.69, 9.17) is 46.4 Å². The van der Waals surface area contributed by atoms with Crippen LogP contribution in [-0.4, -0.2) is 49.9 Å². The van der Waals surface area contributed by atoms with Crippen LogP contribution in [0.5, 0.6) is 0 Å². The molecule has 2 fully saturated rings. The highest BCUT2D eigenvalue weighted by atomic mass is 35.5. The summed E-state index contributed by atoms with van der Waals surface area (Å²) in [6, 6.07) is 19.5. The van der Waals surface area contributed by atoms with Crippen LogP contribution in [0.2, 0.25) is 20.1 Å². The SMILES string of the molecule is O=C([C@H](CS(=O)(=O)C1CC1)c1ccc(Cl)cc1)N1CCN(c2ccc(Cl)cc2Cl)[C@H](c2ccc(Cl)cc2)C1. The number of amides is 1. The topological polar surface area (TPSA) is 57.7 Å². The third-order valence-electron chi connectivity index (χ3n) is 7.17. The zero-order valence-corrected chi connectivity index (χ0v) is 24.2. The summed E-state index contributed by atoms with van der Waals surface area (Å²) < 4.78 is 26.0. The van der Waals surface area contributed by atoms with Gasteiger partial charge in [0.1, 0.15) is 0 Å². The fraction of sp³-hybridized carbons (Fsp3) is 0.321. The Labute approximate surface area is 243 Å². The van der Waals surface area contributed by atoms with Gasteiger partial charge in [-0.2, -0.15) is 0 Å². The van der Waals surface area contributed by atoms with E-state index < -0.39 is 15.8 Å². The fourth-order valence-electron chi connectivity index (χ4n) is 4.98. The molecule has 5 rings (SSSR count). The Morgan fingerprint density at radius 1 is 0.842 bits per heavy atom. The Kier molecular flexibility index (Phi) is 8.18. The quantitative estimate of drug-likeness (QED) is 0.287. The minimum absolute atomic E-state index is 0.211. The monoisotopic (exact) mass is 610 g/mol. The molecule has 0 radical (unpaired) electrons. The average Bonchev–Trinajstić information content (AvgIpc) is 3.75. The third-order valence-corrected chi connectivity index (χ3v) is 10.5. The van der Waals surface area contributed by atoms with Crippen LogP contribution >= 0.6 is 46.4 Å². The summed E-state index contributed by atoms with van der Waals surface area (Å²) in [7, 11) is -3.40. The molecule has 2 aliphatic rings. The number of halogens is 4. The highest BCUT2D eigenvalue weighted by molar-refractivity contribution is 7.92. The number of benzene rings is 3. The minimum atomic E-state index is -3.40. The molecule has 0 spiro atoms. The van der Waals surface area contributed by atoms with Crippen LogP contribution < -0.4 is 4.90 Å². The molecule has 0 aromatic heterocycles. The number of hydrogen-bond donors (Lipinski definition) is 0. The molecule has 1 amide bonds. The lowest BCUT2D eigenvalue weighted by atomic mass is 9.96. The van der Waals surface area contributed by atoms with Gasteiger partial charge in [0.15, 0.2) is 9.84 Å². The Balaban J connectivity index is 1.47. The summed E-state index contributed by atoms with van der Waals surface area (Å²) in [5, 5.41) is 1.85. The van der Waals surface area contributed by atoms with E-state index in [1.807, 2.05) is 30.3 Å². The van der Waals surface area contributed by atoms with Crippen molar-refractivity contribution >= 4 is 67.8 Å². The van der Waals surface area contributed by atoms with Crippen molar-refractivity contribution < 1.29 is 13.2 Å². The summed E-state index contributed by atoms with van der Waals surface area (Å²) in [5.74, 6) is -1.24. The van der Waals surface area contributed by atoms with Crippen molar-refractivity contribution in [3.8, 4) is 0 Å². The average molecular weight is 612 g/mol. The van der Waals surface area contributed by atoms with Gasteiger partial charge in [0.05, 0.1) is 33.7 Å². The van der Waals surface area contributed by atoms with Crippen LogP contribution in [0.4, 0.5) is 5.69 Å². The van der Waals surface area contributed by atoms with E-state index in [9.17, 15) is 13.2 Å². The van der Waals surface area contributed by atoms with Gasteiger partial charge in [0, 0.05) is 34.7 Å². The first kappa shape index (κ1) is 27.6. The molecule has 5 nitrogen and oxygen atoms in total. The molecule has 0 N–H and O–H groups in total. The molecule has 1 heterocycles. The second kappa shape index (κ2) is 11.3. The first-order valence-electron chi connectivity index (χ1n) is 12.4. The van der Waals surface area contributed by atoms with Crippen LogP contribution in [0.15, 0.2) is 66.7 Å². The van der Waals surface area contributed by atoms with Crippen molar-refractivity contribution in [2.24, 2.45) is 0 Å². The molecule has 1 aliphatic heterocycles. The molecule has 3 aromatic carbocycles. The molecular formula is C28H26Cl4N2O3S.